The van der Waals surface area contributed by atoms with Crippen LogP contribution in [0, 0.1) is 11.3 Å². The summed E-state index contributed by atoms with van der Waals surface area (Å²) in [6.45, 7) is 1.03. The molecule has 1 heterocycles. The van der Waals surface area contributed by atoms with Gasteiger partial charge in [-0.2, -0.15) is 5.26 Å². The Morgan fingerprint density at radius 1 is 1.30 bits per heavy atom. The number of nitrogens with one attached hydrogen (secondary N) is 1. The summed E-state index contributed by atoms with van der Waals surface area (Å²) in [7, 11) is 1.54. The fourth-order valence-electron chi connectivity index (χ4n) is 2.55. The summed E-state index contributed by atoms with van der Waals surface area (Å²) >= 11 is 6.26. The van der Waals surface area contributed by atoms with Crippen LogP contribution in [-0.2, 0) is 4.79 Å². The second-order valence-electron chi connectivity index (χ2n) is 5.74. The smallest absolute Gasteiger partial charge is 0.266 e. The molecule has 2 aromatic carbocycles. The number of carbonyl (C=O) groups is 1. The van der Waals surface area contributed by atoms with Gasteiger partial charge in [0.15, 0.2) is 11.5 Å². The van der Waals surface area contributed by atoms with Crippen molar-refractivity contribution in [3.63, 3.8) is 0 Å². The van der Waals surface area contributed by atoms with Gasteiger partial charge >= 0.3 is 0 Å². The van der Waals surface area contributed by atoms with E-state index in [1.165, 1.54) is 13.2 Å². The van der Waals surface area contributed by atoms with Crippen LogP contribution in [0.1, 0.15) is 12.0 Å². The first-order valence-corrected chi connectivity index (χ1v) is 8.65. The summed E-state index contributed by atoms with van der Waals surface area (Å²) < 4.78 is 16.3. The van der Waals surface area contributed by atoms with Crippen molar-refractivity contribution in [3.8, 4) is 23.3 Å². The first kappa shape index (κ1) is 18.6. The Hall–Kier alpha value is -3.17. The fourth-order valence-corrected chi connectivity index (χ4v) is 2.82. The van der Waals surface area contributed by atoms with Crippen LogP contribution in [0.15, 0.2) is 42.0 Å². The quantitative estimate of drug-likeness (QED) is 0.635. The van der Waals surface area contributed by atoms with Crippen molar-refractivity contribution in [2.75, 3.05) is 25.6 Å². The van der Waals surface area contributed by atoms with Crippen LogP contribution < -0.4 is 19.5 Å². The van der Waals surface area contributed by atoms with Crippen molar-refractivity contribution in [1.82, 2.24) is 0 Å². The zero-order chi connectivity index (χ0) is 19.2. The largest absolute Gasteiger partial charge is 0.497 e. The molecule has 3 rings (SSSR count). The number of hydrogen-bond donors (Lipinski definition) is 1. The van der Waals surface area contributed by atoms with E-state index >= 15 is 0 Å². The fraction of sp³-hybridized carbons (Fsp3) is 0.200. The third kappa shape index (κ3) is 4.52. The third-order valence-electron chi connectivity index (χ3n) is 3.83. The second-order valence-corrected chi connectivity index (χ2v) is 6.14. The Bertz CT molecular complexity index is 934. The molecule has 1 N–H and O–H groups in total. The summed E-state index contributed by atoms with van der Waals surface area (Å²) in [5, 5.41) is 12.4. The summed E-state index contributed by atoms with van der Waals surface area (Å²) in [5.74, 6) is 1.04. The van der Waals surface area contributed by atoms with Gasteiger partial charge in [-0.1, -0.05) is 17.7 Å². The maximum absolute atomic E-state index is 12.4. The van der Waals surface area contributed by atoms with E-state index in [4.69, 9.17) is 25.8 Å². The van der Waals surface area contributed by atoms with Crippen molar-refractivity contribution >= 4 is 29.3 Å². The molecule has 0 fully saturated rings. The second kappa shape index (κ2) is 8.47. The molecule has 0 radical (unpaired) electrons. The maximum Gasteiger partial charge on any atom is 0.266 e. The normalized spacial score (nSPS) is 13.3. The number of carbonyl (C=O) groups excluding carboxylic acids is 1. The highest BCUT2D eigenvalue weighted by Gasteiger charge is 2.16. The number of anilines is 1. The molecule has 1 aliphatic heterocycles. The van der Waals surface area contributed by atoms with E-state index in [1.807, 2.05) is 6.07 Å². The molecule has 1 aliphatic rings. The van der Waals surface area contributed by atoms with Crippen LogP contribution >= 0.6 is 11.6 Å². The average molecular weight is 385 g/mol. The van der Waals surface area contributed by atoms with E-state index in [0.717, 1.165) is 6.42 Å². The minimum absolute atomic E-state index is 0.0663. The Labute approximate surface area is 161 Å². The molecule has 0 aromatic heterocycles. The van der Waals surface area contributed by atoms with Crippen LogP contribution in [-0.4, -0.2) is 26.2 Å². The van der Waals surface area contributed by atoms with Crippen LogP contribution in [0.5, 0.6) is 17.2 Å². The molecule has 0 bridgehead atoms. The van der Waals surface area contributed by atoms with Gasteiger partial charge in [0.1, 0.15) is 17.4 Å². The molecule has 0 atom stereocenters. The molecule has 7 heteroatoms. The van der Waals surface area contributed by atoms with Gasteiger partial charge < -0.3 is 19.5 Å². The topological polar surface area (TPSA) is 80.6 Å². The number of halogens is 1. The predicted molar refractivity (Wildman–Crippen MR) is 102 cm³/mol. The van der Waals surface area contributed by atoms with E-state index in [0.29, 0.717) is 46.7 Å². The number of benzene rings is 2. The van der Waals surface area contributed by atoms with Gasteiger partial charge in [-0.15, -0.1) is 0 Å². The number of fused-ring (bicyclic) bond motifs is 1. The van der Waals surface area contributed by atoms with E-state index in [2.05, 4.69) is 5.32 Å². The van der Waals surface area contributed by atoms with Crippen molar-refractivity contribution in [2.24, 2.45) is 0 Å². The zero-order valence-corrected chi connectivity index (χ0v) is 15.4. The number of ether oxygens (including phenoxy) is 3. The van der Waals surface area contributed by atoms with E-state index in [1.54, 1.807) is 36.4 Å². The van der Waals surface area contributed by atoms with Crippen LogP contribution in [0.25, 0.3) is 6.08 Å². The molecular weight excluding hydrogens is 368 g/mol. The van der Waals surface area contributed by atoms with Crippen LogP contribution in [0.2, 0.25) is 5.02 Å². The lowest BCUT2D eigenvalue weighted by Gasteiger charge is -2.10. The predicted octanol–water partition coefficient (Wildman–Crippen LogP) is 4.06. The van der Waals surface area contributed by atoms with Crippen molar-refractivity contribution < 1.29 is 19.0 Å². The minimum Gasteiger partial charge on any atom is -0.497 e. The lowest BCUT2D eigenvalue weighted by Crippen LogP contribution is -2.13. The van der Waals surface area contributed by atoms with E-state index < -0.39 is 5.91 Å². The molecule has 0 unspecified atom stereocenters. The first-order chi connectivity index (χ1) is 13.1. The summed E-state index contributed by atoms with van der Waals surface area (Å²) in [6.07, 6.45) is 2.21. The molecule has 6 nitrogen and oxygen atoms in total. The average Bonchev–Trinajstić information content (AvgIpc) is 2.92. The summed E-state index contributed by atoms with van der Waals surface area (Å²) in [4.78, 5) is 12.4. The van der Waals surface area contributed by atoms with Gasteiger partial charge in [0, 0.05) is 18.2 Å². The highest BCUT2D eigenvalue weighted by atomic mass is 35.5. The molecule has 0 saturated carbocycles. The molecule has 27 heavy (non-hydrogen) atoms. The van der Waals surface area contributed by atoms with Gasteiger partial charge in [0.2, 0.25) is 0 Å². The number of nitriles is 1. The van der Waals surface area contributed by atoms with Gasteiger partial charge in [0.25, 0.3) is 5.91 Å². The number of nitrogens with zero attached hydrogens (tertiary/aromatic N) is 1. The monoisotopic (exact) mass is 384 g/mol. The number of methoxy groups -OCH3 is 1. The maximum atomic E-state index is 12.4. The molecule has 1 amide bonds. The number of amides is 1. The van der Waals surface area contributed by atoms with Crippen LogP contribution in [0.3, 0.4) is 0 Å². The van der Waals surface area contributed by atoms with Gasteiger partial charge in [-0.05, 0) is 35.9 Å². The summed E-state index contributed by atoms with van der Waals surface area (Å²) in [5.41, 5.74) is 1.03. The molecular formula is C20H17ClN2O4. The zero-order valence-electron chi connectivity index (χ0n) is 14.6. The van der Waals surface area contributed by atoms with Gasteiger partial charge in [-0.3, -0.25) is 4.79 Å². The van der Waals surface area contributed by atoms with E-state index in [-0.39, 0.29) is 5.57 Å². The lowest BCUT2D eigenvalue weighted by molar-refractivity contribution is -0.112. The van der Waals surface area contributed by atoms with Crippen molar-refractivity contribution in [1.29, 1.82) is 5.26 Å². The summed E-state index contributed by atoms with van der Waals surface area (Å²) in [6, 6.07) is 12.1. The molecule has 0 saturated heterocycles. The first-order valence-electron chi connectivity index (χ1n) is 8.27. The SMILES string of the molecule is COc1cccc(NC(=O)/C(C#N)=C/c2cc(Cl)c3c(c2)OCCCO3)c1. The highest BCUT2D eigenvalue weighted by molar-refractivity contribution is 6.32. The standard InChI is InChI=1S/C20H17ClN2O4/c1-25-16-5-2-4-15(11-16)23-20(24)14(12-22)8-13-9-17(21)19-18(10-13)26-6-3-7-27-19/h2,4-5,8-11H,3,6-7H2,1H3,(H,23,24)/b14-8+. The van der Waals surface area contributed by atoms with Gasteiger partial charge in [0.05, 0.1) is 25.3 Å². The molecule has 0 spiro atoms. The Morgan fingerprint density at radius 3 is 2.89 bits per heavy atom. The minimum atomic E-state index is -0.533. The van der Waals surface area contributed by atoms with Crippen molar-refractivity contribution in [3.05, 3.63) is 52.6 Å². The van der Waals surface area contributed by atoms with E-state index in [9.17, 15) is 10.1 Å². The van der Waals surface area contributed by atoms with Crippen LogP contribution in [0.4, 0.5) is 5.69 Å². The van der Waals surface area contributed by atoms with Crippen molar-refractivity contribution in [2.45, 2.75) is 6.42 Å². The Morgan fingerprint density at radius 2 is 2.11 bits per heavy atom. The van der Waals surface area contributed by atoms with Gasteiger partial charge in [-0.25, -0.2) is 0 Å². The molecule has 138 valence electrons. The highest BCUT2D eigenvalue weighted by Crippen LogP contribution is 2.38. The molecule has 0 aliphatic carbocycles. The number of rotatable bonds is 4. The third-order valence-corrected chi connectivity index (χ3v) is 4.11. The Balaban J connectivity index is 1.85. The number of hydrogen-bond acceptors (Lipinski definition) is 5. The lowest BCUT2D eigenvalue weighted by atomic mass is 10.1. The molecule has 2 aromatic rings. The Kier molecular flexibility index (Phi) is 5.84.